The van der Waals surface area contributed by atoms with Gasteiger partial charge < -0.3 is 24.4 Å². The first kappa shape index (κ1) is 56.6. The van der Waals surface area contributed by atoms with Gasteiger partial charge in [-0.15, -0.1) is 0 Å². The molecule has 3 aliphatic heterocycles. The number of benzene rings is 4. The Morgan fingerprint density at radius 2 is 1.55 bits per heavy atom. The Morgan fingerprint density at radius 3 is 2.24 bits per heavy atom. The van der Waals surface area contributed by atoms with E-state index >= 15 is 4.39 Å². The average molecular weight is 1030 g/mol. The van der Waals surface area contributed by atoms with E-state index in [1.165, 1.54) is 68.1 Å². The van der Waals surface area contributed by atoms with Gasteiger partial charge in [0.2, 0.25) is 5.36 Å². The number of nitrogens with zero attached hydrogens (tertiary/aromatic N) is 5. The van der Waals surface area contributed by atoms with E-state index in [-0.39, 0.29) is 40.3 Å². The van der Waals surface area contributed by atoms with Gasteiger partial charge in [0.1, 0.15) is 19.4 Å². The molecule has 0 fully saturated rings. The molecular weight excluding hydrogens is 942 g/mol. The number of aldehydes is 1. The zero-order chi connectivity index (χ0) is 55.1. The monoisotopic (exact) mass is 1030 g/mol. The van der Waals surface area contributed by atoms with Crippen LogP contribution in [0.3, 0.4) is 0 Å². The summed E-state index contributed by atoms with van der Waals surface area (Å²) in [5.41, 5.74) is 12.2. The number of aryl methyl sites for hydroxylation is 1. The van der Waals surface area contributed by atoms with Crippen LogP contribution < -0.4 is 20.1 Å². The van der Waals surface area contributed by atoms with Gasteiger partial charge in [0, 0.05) is 104 Å². The van der Waals surface area contributed by atoms with Crippen molar-refractivity contribution in [2.24, 2.45) is 0 Å². The molecule has 0 aromatic heterocycles. The second-order valence-corrected chi connectivity index (χ2v) is 25.3. The van der Waals surface area contributed by atoms with E-state index in [0.29, 0.717) is 37.3 Å². The minimum Gasteiger partial charge on any atom is -0.366 e. The third-order valence-corrected chi connectivity index (χ3v) is 18.9. The number of halogens is 1. The van der Waals surface area contributed by atoms with Crippen LogP contribution >= 0.6 is 0 Å². The molecule has 2 unspecified atom stereocenters. The van der Waals surface area contributed by atoms with Gasteiger partial charge in [-0.05, 0) is 194 Å². The zero-order valence-corrected chi connectivity index (χ0v) is 48.9. The maximum Gasteiger partial charge on any atom is 0.254 e. The number of fused-ring (bicyclic) bond motifs is 4. The maximum atomic E-state index is 15.2. The van der Waals surface area contributed by atoms with E-state index in [2.05, 4.69) is 126 Å². The van der Waals surface area contributed by atoms with Gasteiger partial charge in [0.25, 0.3) is 11.8 Å². The van der Waals surface area contributed by atoms with Gasteiger partial charge in [-0.3, -0.25) is 9.59 Å². The lowest BCUT2D eigenvalue weighted by atomic mass is 9.64. The summed E-state index contributed by atoms with van der Waals surface area (Å²) in [7, 11) is 7.77. The van der Waals surface area contributed by atoms with Crippen molar-refractivity contribution in [2.75, 3.05) is 59.3 Å². The molecule has 9 heteroatoms. The molecule has 2 amide bonds. The van der Waals surface area contributed by atoms with Crippen molar-refractivity contribution in [3.05, 3.63) is 133 Å². The van der Waals surface area contributed by atoms with Crippen molar-refractivity contribution in [1.82, 2.24) is 19.3 Å². The summed E-state index contributed by atoms with van der Waals surface area (Å²) < 4.78 is 17.9. The van der Waals surface area contributed by atoms with E-state index in [1.54, 1.807) is 9.80 Å². The van der Waals surface area contributed by atoms with Crippen molar-refractivity contribution in [3.63, 3.8) is 0 Å². The number of carbonyl (C=O) groups excluding carboxylic acids is 3. The number of amides is 2. The highest BCUT2D eigenvalue weighted by Gasteiger charge is 2.45. The predicted molar refractivity (Wildman–Crippen MR) is 311 cm³/mol. The molecule has 8 nitrogen and oxygen atoms in total. The third-order valence-electron chi connectivity index (χ3n) is 18.9. The fraction of sp³-hybridized carbons (Fsp3) is 0.552. The molecule has 2 atom stereocenters. The number of hydrogen-bond donors (Lipinski definition) is 0. The minimum atomic E-state index is -1.46. The van der Waals surface area contributed by atoms with Gasteiger partial charge in [0.15, 0.2) is 5.67 Å². The molecular formula is C67H89FN5O3+. The first-order valence-corrected chi connectivity index (χ1v) is 28.7. The van der Waals surface area contributed by atoms with Crippen molar-refractivity contribution in [2.45, 2.75) is 186 Å². The van der Waals surface area contributed by atoms with E-state index in [4.69, 9.17) is 0 Å². The summed E-state index contributed by atoms with van der Waals surface area (Å²) in [6.07, 6.45) is 12.3. The number of rotatable bonds is 13. The topological polar surface area (TPSA) is 67.2 Å². The third kappa shape index (κ3) is 10.6. The highest BCUT2D eigenvalue weighted by Crippen LogP contribution is 2.50. The molecule has 0 radical (unpaired) electrons. The standard InChI is InChI=1S/C42H52N3O2.C25H37FN2O/c1-8-45-36-25-35-33(24-32(36)27(2)26-41(45,3)4)37(29-16-9-10-17-30(29)40(47)43(7)19-11-12-22-46)34-23-28-15-13-20-44-21-14-18-31(39(28)44)38(34)42(35,5)6;1-23(2,27(5)6)24(3,4)28(7)22(29)21-15-13-20(14-16-21)19-25(26)17-11-9-8-10-12-18-25/h9-10,16-17,22-25,27H,8,11-15,18-21,26H2,1-7H3;13-16H,8-11,17,19H2,1-7H3/q+1;. The Balaban J connectivity index is 0.000000227. The van der Waals surface area contributed by atoms with Crippen LogP contribution in [0.5, 0.6) is 0 Å². The second kappa shape index (κ2) is 22.0. The number of hydrogen-bond acceptors (Lipinski definition) is 5. The SMILES string of the molecule is CCN1c2cc3c(cc2C(C)CC1(C)C)C(c1ccccc1C(=O)N(C)CCCC=O)=c1cc2c4c(c1C3(C)C)CCC[N+]=4CCC2.CN(C)C(C)(C)C(C)(C)N(C)C(=O)c1ccc(CC2(F)C#CCCCCC2)cc1. The Kier molecular flexibility index (Phi) is 16.4. The van der Waals surface area contributed by atoms with Crippen molar-refractivity contribution < 1.29 is 18.8 Å². The lowest BCUT2D eigenvalue weighted by Crippen LogP contribution is -2.63. The van der Waals surface area contributed by atoms with Gasteiger partial charge in [-0.1, -0.05) is 69.4 Å². The summed E-state index contributed by atoms with van der Waals surface area (Å²) in [5.74, 6) is 6.26. The number of anilines is 1. The van der Waals surface area contributed by atoms with Crippen molar-refractivity contribution in [1.29, 1.82) is 0 Å². The Morgan fingerprint density at radius 1 is 0.855 bits per heavy atom. The minimum absolute atomic E-state index is 0.0163. The van der Waals surface area contributed by atoms with E-state index in [1.807, 2.05) is 64.6 Å². The molecule has 0 saturated heterocycles. The predicted octanol–water partition coefficient (Wildman–Crippen LogP) is 11.2. The molecule has 0 spiro atoms. The zero-order valence-electron chi connectivity index (χ0n) is 48.9. The van der Waals surface area contributed by atoms with Gasteiger partial charge in [-0.2, -0.15) is 0 Å². The second-order valence-electron chi connectivity index (χ2n) is 25.3. The smallest absolute Gasteiger partial charge is 0.254 e. The molecule has 76 heavy (non-hydrogen) atoms. The maximum absolute atomic E-state index is 15.2. The van der Waals surface area contributed by atoms with Crippen LogP contribution in [-0.2, 0) is 29.5 Å². The molecule has 4 aromatic carbocycles. The van der Waals surface area contributed by atoms with Gasteiger partial charge >= 0.3 is 0 Å². The van der Waals surface area contributed by atoms with Crippen LogP contribution in [0.15, 0.2) is 66.7 Å². The highest BCUT2D eigenvalue weighted by molar-refractivity contribution is 6.02. The number of alkyl halides is 1. The molecule has 2 aliphatic carbocycles. The molecule has 4 aromatic rings. The van der Waals surface area contributed by atoms with Gasteiger partial charge in [0.05, 0.1) is 5.54 Å². The summed E-state index contributed by atoms with van der Waals surface area (Å²) in [4.78, 5) is 46.7. The first-order chi connectivity index (χ1) is 35.9. The quantitative estimate of drug-likeness (QED) is 0.0578. The van der Waals surface area contributed by atoms with Crippen LogP contribution in [0.25, 0.3) is 5.57 Å². The van der Waals surface area contributed by atoms with Crippen LogP contribution in [0.4, 0.5) is 10.1 Å². The van der Waals surface area contributed by atoms with Crippen LogP contribution in [-0.4, -0.2) is 109 Å². The van der Waals surface area contributed by atoms with E-state index < -0.39 is 5.67 Å². The number of likely N-dealkylation sites (N-methyl/N-ethyl adjacent to an activating group) is 2. The van der Waals surface area contributed by atoms with Crippen LogP contribution in [0.2, 0.25) is 0 Å². The molecule has 406 valence electrons. The number of carbonyl (C=O) groups is 3. The largest absolute Gasteiger partial charge is 0.366 e. The lowest BCUT2D eigenvalue weighted by Gasteiger charge is -2.51. The summed E-state index contributed by atoms with van der Waals surface area (Å²) in [6.45, 7) is 26.6. The fourth-order valence-electron chi connectivity index (χ4n) is 13.5. The van der Waals surface area contributed by atoms with Crippen molar-refractivity contribution in [3.8, 4) is 11.8 Å². The van der Waals surface area contributed by atoms with E-state index in [9.17, 15) is 14.4 Å². The normalized spacial score (nSPS) is 20.3. The summed E-state index contributed by atoms with van der Waals surface area (Å²) in [5, 5.41) is 2.82. The van der Waals surface area contributed by atoms with Gasteiger partial charge in [-0.25, -0.2) is 8.97 Å². The molecule has 0 N–H and O–H groups in total. The Labute approximate surface area is 455 Å². The average Bonchev–Trinajstić information content (AvgIpc) is 3.37. The van der Waals surface area contributed by atoms with Crippen LogP contribution in [0, 0.1) is 11.8 Å². The highest BCUT2D eigenvalue weighted by atomic mass is 19.1. The molecule has 9 rings (SSSR count). The molecule has 0 saturated carbocycles. The summed E-state index contributed by atoms with van der Waals surface area (Å²) >= 11 is 0. The Bertz CT molecular complexity index is 3060. The Hall–Kier alpha value is -5.59. The molecule has 3 heterocycles. The van der Waals surface area contributed by atoms with E-state index in [0.717, 1.165) is 87.6 Å². The first-order valence-electron chi connectivity index (χ1n) is 28.7. The lowest BCUT2D eigenvalue weighted by molar-refractivity contribution is -0.108. The summed E-state index contributed by atoms with van der Waals surface area (Å²) in [6, 6.07) is 23.2. The van der Waals surface area contributed by atoms with Crippen molar-refractivity contribution >= 4 is 29.4 Å². The van der Waals surface area contributed by atoms with Crippen LogP contribution in [0.1, 0.15) is 205 Å². The molecule has 0 bridgehead atoms. The number of unbranched alkanes of at least 4 members (excludes halogenated alkanes) is 1. The fourth-order valence-corrected chi connectivity index (χ4v) is 13.5. The molecule has 5 aliphatic rings.